The zero-order chi connectivity index (χ0) is 13.9. The summed E-state index contributed by atoms with van der Waals surface area (Å²) < 4.78 is 37.3. The van der Waals surface area contributed by atoms with Gasteiger partial charge in [0, 0.05) is 5.56 Å². The molecule has 0 spiro atoms. The van der Waals surface area contributed by atoms with Crippen molar-refractivity contribution in [1.29, 1.82) is 0 Å². The smallest absolute Gasteiger partial charge is 0.298 e. The normalized spacial score (nSPS) is 11.3. The van der Waals surface area contributed by atoms with E-state index in [-0.39, 0.29) is 0 Å². The van der Waals surface area contributed by atoms with E-state index < -0.39 is 11.7 Å². The predicted octanol–water partition coefficient (Wildman–Crippen LogP) is 4.11. The first-order valence-corrected chi connectivity index (χ1v) is 5.70. The lowest BCUT2D eigenvalue weighted by atomic mass is 9.99. The second-order valence-corrected chi connectivity index (χ2v) is 4.19. The van der Waals surface area contributed by atoms with Crippen molar-refractivity contribution >= 4 is 6.29 Å². The van der Waals surface area contributed by atoms with Crippen LogP contribution >= 0.6 is 0 Å². The van der Waals surface area contributed by atoms with Gasteiger partial charge >= 0.3 is 6.18 Å². The number of hydrogen-bond acceptors (Lipinski definition) is 1. The summed E-state index contributed by atoms with van der Waals surface area (Å²) in [5, 5.41) is 0. The molecule has 0 aliphatic heterocycles. The van der Waals surface area contributed by atoms with Crippen LogP contribution in [0.15, 0.2) is 48.5 Å². The van der Waals surface area contributed by atoms with Crippen molar-refractivity contribution in [3.63, 3.8) is 0 Å². The second kappa shape index (κ2) is 5.26. The van der Waals surface area contributed by atoms with Gasteiger partial charge in [-0.3, -0.25) is 4.79 Å². The van der Waals surface area contributed by atoms with Crippen LogP contribution in [-0.2, 0) is 12.6 Å². The van der Waals surface area contributed by atoms with E-state index in [2.05, 4.69) is 0 Å². The summed E-state index contributed by atoms with van der Waals surface area (Å²) in [5.41, 5.74) is 1.43. The Hall–Kier alpha value is -2.10. The fourth-order valence-corrected chi connectivity index (χ4v) is 1.84. The molecule has 0 fully saturated rings. The van der Waals surface area contributed by atoms with Gasteiger partial charge in [-0.1, -0.05) is 36.4 Å². The molecule has 98 valence electrons. The topological polar surface area (TPSA) is 17.1 Å². The van der Waals surface area contributed by atoms with Gasteiger partial charge in [-0.05, 0) is 29.7 Å². The van der Waals surface area contributed by atoms with E-state index in [0.29, 0.717) is 12.0 Å². The molecule has 0 aromatic heterocycles. The molecule has 19 heavy (non-hydrogen) atoms. The Bertz CT molecular complexity index is 571. The van der Waals surface area contributed by atoms with Crippen LogP contribution in [0.1, 0.15) is 27.0 Å². The quantitative estimate of drug-likeness (QED) is 0.762. The van der Waals surface area contributed by atoms with Crippen molar-refractivity contribution < 1.29 is 18.0 Å². The Labute approximate surface area is 108 Å². The van der Waals surface area contributed by atoms with Crippen molar-refractivity contribution in [2.75, 3.05) is 0 Å². The third-order valence-corrected chi connectivity index (χ3v) is 2.86. The van der Waals surface area contributed by atoms with Gasteiger partial charge in [0.25, 0.3) is 0 Å². The summed E-state index contributed by atoms with van der Waals surface area (Å²) in [6, 6.07) is 12.0. The maximum Gasteiger partial charge on any atom is 0.416 e. The molecule has 0 heterocycles. The Morgan fingerprint density at radius 2 is 1.58 bits per heavy atom. The van der Waals surface area contributed by atoms with Crippen LogP contribution in [0, 0.1) is 0 Å². The molecule has 0 aliphatic rings. The lowest BCUT2D eigenvalue weighted by molar-refractivity contribution is -0.137. The molecule has 0 N–H and O–H groups in total. The molecule has 4 heteroatoms. The Balaban J connectivity index is 2.22. The van der Waals surface area contributed by atoms with Gasteiger partial charge in [0.05, 0.1) is 5.56 Å². The minimum atomic E-state index is -4.32. The van der Waals surface area contributed by atoms with Gasteiger partial charge in [0.1, 0.15) is 6.29 Å². The molecule has 0 amide bonds. The molecule has 0 radical (unpaired) electrons. The van der Waals surface area contributed by atoms with Crippen LogP contribution in [0.4, 0.5) is 13.2 Å². The summed E-state index contributed by atoms with van der Waals surface area (Å²) in [6.45, 7) is 0. The largest absolute Gasteiger partial charge is 0.416 e. The van der Waals surface area contributed by atoms with Gasteiger partial charge in [-0.2, -0.15) is 13.2 Å². The highest BCUT2D eigenvalue weighted by atomic mass is 19.4. The first-order valence-electron chi connectivity index (χ1n) is 5.70. The first kappa shape index (κ1) is 13.3. The molecule has 0 aliphatic carbocycles. The zero-order valence-electron chi connectivity index (χ0n) is 9.95. The molecule has 0 atom stereocenters. The third-order valence-electron chi connectivity index (χ3n) is 2.86. The maximum absolute atomic E-state index is 12.4. The summed E-state index contributed by atoms with van der Waals surface area (Å²) in [4.78, 5) is 10.9. The highest BCUT2D eigenvalue weighted by Gasteiger charge is 2.29. The number of hydrogen-bond donors (Lipinski definition) is 0. The number of carbonyl (C=O) groups is 1. The van der Waals surface area contributed by atoms with Crippen LogP contribution in [0.25, 0.3) is 0 Å². The summed E-state index contributed by atoms with van der Waals surface area (Å²) in [5.74, 6) is 0. The van der Waals surface area contributed by atoms with E-state index in [1.165, 1.54) is 12.1 Å². The van der Waals surface area contributed by atoms with Crippen LogP contribution < -0.4 is 0 Å². The molecule has 2 aromatic rings. The minimum Gasteiger partial charge on any atom is -0.298 e. The van der Waals surface area contributed by atoms with Crippen LogP contribution in [-0.4, -0.2) is 6.29 Å². The van der Waals surface area contributed by atoms with Crippen molar-refractivity contribution in [1.82, 2.24) is 0 Å². The van der Waals surface area contributed by atoms with E-state index >= 15 is 0 Å². The van der Waals surface area contributed by atoms with Gasteiger partial charge in [0.15, 0.2) is 0 Å². The van der Waals surface area contributed by atoms with E-state index in [0.717, 1.165) is 29.5 Å². The number of benzene rings is 2. The van der Waals surface area contributed by atoms with Crippen molar-refractivity contribution in [3.8, 4) is 0 Å². The molecule has 0 saturated heterocycles. The number of halogens is 3. The molecule has 0 saturated carbocycles. The van der Waals surface area contributed by atoms with E-state index in [1.54, 1.807) is 24.3 Å². The van der Waals surface area contributed by atoms with E-state index in [1.807, 2.05) is 0 Å². The molecule has 2 aromatic carbocycles. The van der Waals surface area contributed by atoms with Gasteiger partial charge in [-0.15, -0.1) is 0 Å². The van der Waals surface area contributed by atoms with Crippen LogP contribution in [0.3, 0.4) is 0 Å². The van der Waals surface area contributed by atoms with Gasteiger partial charge in [-0.25, -0.2) is 0 Å². The molecule has 2 rings (SSSR count). The molecular weight excluding hydrogens is 253 g/mol. The number of aldehydes is 1. The number of alkyl halides is 3. The Morgan fingerprint density at radius 3 is 2.16 bits per heavy atom. The monoisotopic (exact) mass is 264 g/mol. The van der Waals surface area contributed by atoms with E-state index in [9.17, 15) is 18.0 Å². The lowest BCUT2D eigenvalue weighted by Crippen LogP contribution is -2.04. The Kier molecular flexibility index (Phi) is 3.69. The van der Waals surface area contributed by atoms with Crippen molar-refractivity contribution in [2.24, 2.45) is 0 Å². The Morgan fingerprint density at radius 1 is 0.947 bits per heavy atom. The highest BCUT2D eigenvalue weighted by molar-refractivity contribution is 5.77. The number of rotatable bonds is 3. The highest BCUT2D eigenvalue weighted by Crippen LogP contribution is 2.29. The third kappa shape index (κ3) is 3.22. The van der Waals surface area contributed by atoms with Crippen LogP contribution in [0.2, 0.25) is 0 Å². The van der Waals surface area contributed by atoms with Crippen molar-refractivity contribution in [3.05, 3.63) is 70.8 Å². The van der Waals surface area contributed by atoms with Crippen molar-refractivity contribution in [2.45, 2.75) is 12.6 Å². The van der Waals surface area contributed by atoms with E-state index in [4.69, 9.17) is 0 Å². The first-order chi connectivity index (χ1) is 9.00. The molecule has 1 nitrogen and oxygen atoms in total. The molecule has 0 unspecified atom stereocenters. The van der Waals surface area contributed by atoms with Gasteiger partial charge in [0.2, 0.25) is 0 Å². The summed E-state index contributed by atoms with van der Waals surface area (Å²) in [7, 11) is 0. The number of carbonyl (C=O) groups excluding carboxylic acids is 1. The SMILES string of the molecule is O=Cc1ccccc1Cc1ccc(C(F)(F)F)cc1. The fourth-order valence-electron chi connectivity index (χ4n) is 1.84. The maximum atomic E-state index is 12.4. The molecular formula is C15H11F3O. The fraction of sp³-hybridized carbons (Fsp3) is 0.133. The van der Waals surface area contributed by atoms with Gasteiger partial charge < -0.3 is 0 Å². The lowest BCUT2D eigenvalue weighted by Gasteiger charge is -2.08. The zero-order valence-corrected chi connectivity index (χ0v) is 9.95. The van der Waals surface area contributed by atoms with Crippen LogP contribution in [0.5, 0.6) is 0 Å². The summed E-state index contributed by atoms with van der Waals surface area (Å²) >= 11 is 0. The second-order valence-electron chi connectivity index (χ2n) is 4.19. The predicted molar refractivity (Wildman–Crippen MR) is 66.1 cm³/mol. The average molecular weight is 264 g/mol. The minimum absolute atomic E-state index is 0.438. The molecule has 0 bridgehead atoms. The average Bonchev–Trinajstić information content (AvgIpc) is 2.39. The summed E-state index contributed by atoms with van der Waals surface area (Å²) in [6.07, 6.45) is -3.13. The standard InChI is InChI=1S/C15H11F3O/c16-15(17,18)14-7-5-11(6-8-14)9-12-3-1-2-4-13(12)10-19/h1-8,10H,9H2.